The van der Waals surface area contributed by atoms with Crippen LogP contribution in [-0.4, -0.2) is 72.5 Å². The van der Waals surface area contributed by atoms with Gasteiger partial charge in [0.15, 0.2) is 0 Å². The van der Waals surface area contributed by atoms with Gasteiger partial charge >= 0.3 is 0 Å². The Bertz CT molecular complexity index is 1400. The fraction of sp³-hybridized carbons (Fsp3) is 0.407. The Balaban J connectivity index is 1.21. The van der Waals surface area contributed by atoms with Crippen molar-refractivity contribution in [2.45, 2.75) is 50.1 Å². The molecule has 0 spiro atoms. The second kappa shape index (κ2) is 10.3. The zero-order chi connectivity index (χ0) is 27.0. The third kappa shape index (κ3) is 5.21. The van der Waals surface area contributed by atoms with E-state index in [2.05, 4.69) is 10.2 Å². The van der Waals surface area contributed by atoms with Gasteiger partial charge in [-0.15, -0.1) is 0 Å². The molecule has 0 radical (unpaired) electrons. The summed E-state index contributed by atoms with van der Waals surface area (Å²) < 4.78 is 29.5. The number of imide groups is 2. The number of piperidine rings is 2. The Morgan fingerprint density at radius 2 is 1.61 bits per heavy atom. The van der Waals surface area contributed by atoms with E-state index >= 15 is 0 Å². The molecule has 0 aromatic heterocycles. The average Bonchev–Trinajstić information content (AvgIpc) is 3.14. The smallest absolute Gasteiger partial charge is 0.266 e. The Morgan fingerprint density at radius 1 is 0.921 bits per heavy atom. The molecule has 38 heavy (non-hydrogen) atoms. The van der Waals surface area contributed by atoms with E-state index in [0.717, 1.165) is 35.7 Å². The number of ether oxygens (including phenoxy) is 1. The molecule has 11 heteroatoms. The van der Waals surface area contributed by atoms with Gasteiger partial charge in [-0.25, -0.2) is 8.42 Å². The third-order valence-corrected chi connectivity index (χ3v) is 9.08. The van der Waals surface area contributed by atoms with Crippen LogP contribution in [0.25, 0.3) is 0 Å². The highest BCUT2D eigenvalue weighted by Gasteiger charge is 2.46. The van der Waals surface area contributed by atoms with Crippen molar-refractivity contribution in [2.75, 3.05) is 19.3 Å². The minimum absolute atomic E-state index is 0.0576. The highest BCUT2D eigenvalue weighted by atomic mass is 32.2. The van der Waals surface area contributed by atoms with Crippen molar-refractivity contribution in [3.8, 4) is 5.75 Å². The molecular formula is C27H29N3O7S. The van der Waals surface area contributed by atoms with E-state index in [1.54, 1.807) is 12.1 Å². The predicted molar refractivity (Wildman–Crippen MR) is 137 cm³/mol. The molecule has 200 valence electrons. The van der Waals surface area contributed by atoms with Gasteiger partial charge in [0.25, 0.3) is 11.8 Å². The van der Waals surface area contributed by atoms with Crippen LogP contribution in [0.5, 0.6) is 5.75 Å². The maximum atomic E-state index is 13.2. The number of carbonyl (C=O) groups is 4. The summed E-state index contributed by atoms with van der Waals surface area (Å²) in [4.78, 5) is 53.1. The average molecular weight is 540 g/mol. The van der Waals surface area contributed by atoms with Gasteiger partial charge in [-0.3, -0.25) is 34.3 Å². The van der Waals surface area contributed by atoms with E-state index in [9.17, 15) is 27.6 Å². The van der Waals surface area contributed by atoms with Crippen LogP contribution in [0.4, 0.5) is 0 Å². The molecule has 2 fully saturated rings. The summed E-state index contributed by atoms with van der Waals surface area (Å²) in [7, 11) is -2.99. The second-order valence-corrected chi connectivity index (χ2v) is 12.4. The van der Waals surface area contributed by atoms with Gasteiger partial charge in [0, 0.05) is 19.2 Å². The van der Waals surface area contributed by atoms with Gasteiger partial charge in [-0.2, -0.15) is 0 Å². The van der Waals surface area contributed by atoms with Gasteiger partial charge in [0.05, 0.1) is 16.4 Å². The standard InChI is InChI=1S/C27H29N3O7S/c1-38(35,36)19-11-13-29(14-12-19)15-17-5-7-18(8-6-17)16-37-22-4-2-3-20-24(22)27(34)30(26(20)33)21-9-10-23(31)28-25(21)32/h2-8,19,21H,9-16H2,1H3,(H,28,31,32). The maximum Gasteiger partial charge on any atom is 0.266 e. The predicted octanol–water partition coefficient (Wildman–Crippen LogP) is 1.68. The van der Waals surface area contributed by atoms with E-state index in [1.165, 1.54) is 12.3 Å². The second-order valence-electron chi connectivity index (χ2n) is 10.0. The molecule has 3 aliphatic rings. The molecule has 1 unspecified atom stereocenters. The number of nitrogens with one attached hydrogen (secondary N) is 1. The van der Waals surface area contributed by atoms with Crippen molar-refractivity contribution in [3.63, 3.8) is 0 Å². The van der Waals surface area contributed by atoms with Crippen LogP contribution in [0.1, 0.15) is 57.5 Å². The van der Waals surface area contributed by atoms with Crippen LogP contribution >= 0.6 is 0 Å². The number of benzene rings is 2. The van der Waals surface area contributed by atoms with Crippen LogP contribution in [0, 0.1) is 0 Å². The van der Waals surface area contributed by atoms with Gasteiger partial charge in [0.1, 0.15) is 28.2 Å². The lowest BCUT2D eigenvalue weighted by molar-refractivity contribution is -0.136. The molecule has 5 rings (SSSR count). The third-order valence-electron chi connectivity index (χ3n) is 7.39. The van der Waals surface area contributed by atoms with Crippen molar-refractivity contribution in [2.24, 2.45) is 0 Å². The Labute approximate surface area is 220 Å². The van der Waals surface area contributed by atoms with Crippen LogP contribution in [0.2, 0.25) is 0 Å². The number of fused-ring (bicyclic) bond motifs is 1. The Hall–Kier alpha value is -3.57. The maximum absolute atomic E-state index is 13.2. The first-order valence-electron chi connectivity index (χ1n) is 12.6. The number of likely N-dealkylation sites (tertiary alicyclic amines) is 1. The monoisotopic (exact) mass is 539 g/mol. The first-order chi connectivity index (χ1) is 18.1. The van der Waals surface area contributed by atoms with Gasteiger partial charge < -0.3 is 4.74 Å². The van der Waals surface area contributed by atoms with Gasteiger partial charge in [-0.1, -0.05) is 30.3 Å². The summed E-state index contributed by atoms with van der Waals surface area (Å²) in [5, 5.41) is 1.94. The molecule has 3 heterocycles. The topological polar surface area (TPSA) is 130 Å². The summed E-state index contributed by atoms with van der Waals surface area (Å²) in [5.74, 6) is -2.00. The summed E-state index contributed by atoms with van der Waals surface area (Å²) in [6, 6.07) is 11.6. The number of rotatable bonds is 7. The molecule has 1 atom stereocenters. The summed E-state index contributed by atoms with van der Waals surface area (Å²) in [6.45, 7) is 2.39. The highest BCUT2D eigenvalue weighted by molar-refractivity contribution is 7.91. The van der Waals surface area contributed by atoms with Crippen LogP contribution in [0.3, 0.4) is 0 Å². The minimum Gasteiger partial charge on any atom is -0.488 e. The number of hydrogen-bond donors (Lipinski definition) is 1. The minimum atomic E-state index is -2.99. The van der Waals surface area contributed by atoms with Crippen LogP contribution < -0.4 is 10.1 Å². The molecule has 2 aromatic rings. The SMILES string of the molecule is CS(=O)(=O)C1CCN(Cc2ccc(COc3cccc4c3C(=O)N(C3CCC(=O)NC3=O)C4=O)cc2)CC1. The lowest BCUT2D eigenvalue weighted by atomic mass is 10.0. The zero-order valence-electron chi connectivity index (χ0n) is 21.0. The van der Waals surface area contributed by atoms with Crippen LogP contribution in [0.15, 0.2) is 42.5 Å². The quantitative estimate of drug-likeness (QED) is 0.526. The molecule has 1 N–H and O–H groups in total. The largest absolute Gasteiger partial charge is 0.488 e. The fourth-order valence-electron chi connectivity index (χ4n) is 5.26. The van der Waals surface area contributed by atoms with Gasteiger partial charge in [0.2, 0.25) is 11.8 Å². The number of hydrogen-bond acceptors (Lipinski definition) is 8. The molecule has 0 saturated carbocycles. The first kappa shape index (κ1) is 26.1. The number of sulfone groups is 1. The number of amides is 4. The molecule has 0 aliphatic carbocycles. The normalized spacial score (nSPS) is 21.0. The van der Waals surface area contributed by atoms with E-state index in [-0.39, 0.29) is 41.6 Å². The van der Waals surface area contributed by atoms with Crippen molar-refractivity contribution in [1.82, 2.24) is 15.1 Å². The lowest BCUT2D eigenvalue weighted by Crippen LogP contribution is -2.54. The van der Waals surface area contributed by atoms with Crippen LogP contribution in [-0.2, 0) is 32.6 Å². The van der Waals surface area contributed by atoms with Crippen molar-refractivity contribution in [1.29, 1.82) is 0 Å². The van der Waals surface area contributed by atoms with E-state index < -0.39 is 39.5 Å². The van der Waals surface area contributed by atoms with E-state index in [0.29, 0.717) is 12.8 Å². The first-order valence-corrected chi connectivity index (χ1v) is 14.5. The fourth-order valence-corrected chi connectivity index (χ4v) is 6.33. The number of nitrogens with zero attached hydrogens (tertiary/aromatic N) is 2. The molecule has 4 amide bonds. The van der Waals surface area contributed by atoms with Crippen molar-refractivity contribution >= 4 is 33.5 Å². The summed E-state index contributed by atoms with van der Waals surface area (Å²) >= 11 is 0. The molecule has 10 nitrogen and oxygen atoms in total. The lowest BCUT2D eigenvalue weighted by Gasteiger charge is -2.31. The van der Waals surface area contributed by atoms with Crippen molar-refractivity contribution in [3.05, 3.63) is 64.7 Å². The van der Waals surface area contributed by atoms with E-state index in [1.807, 2.05) is 24.3 Å². The summed E-state index contributed by atoms with van der Waals surface area (Å²) in [6.07, 6.45) is 2.75. The molecule has 3 aliphatic heterocycles. The Morgan fingerprint density at radius 3 is 2.26 bits per heavy atom. The Kier molecular flexibility index (Phi) is 7.06. The molecule has 2 aromatic carbocycles. The summed E-state index contributed by atoms with van der Waals surface area (Å²) in [5.41, 5.74) is 2.28. The van der Waals surface area contributed by atoms with Gasteiger partial charge in [-0.05, 0) is 55.6 Å². The molecule has 2 saturated heterocycles. The number of carbonyl (C=O) groups excluding carboxylic acids is 4. The molecule has 0 bridgehead atoms. The van der Waals surface area contributed by atoms with E-state index in [4.69, 9.17) is 4.74 Å². The molecular weight excluding hydrogens is 510 g/mol. The zero-order valence-corrected chi connectivity index (χ0v) is 21.8. The highest BCUT2D eigenvalue weighted by Crippen LogP contribution is 2.34. The van der Waals surface area contributed by atoms with Crippen molar-refractivity contribution < 1.29 is 32.3 Å².